The summed E-state index contributed by atoms with van der Waals surface area (Å²) in [6.07, 6.45) is -2.07. The Morgan fingerprint density at radius 2 is 2.04 bits per heavy atom. The zero-order chi connectivity index (χ0) is 20.5. The van der Waals surface area contributed by atoms with Crippen molar-refractivity contribution >= 4 is 23.3 Å². The van der Waals surface area contributed by atoms with Crippen molar-refractivity contribution in [1.29, 1.82) is 0 Å². The number of piperidine rings is 1. The Balaban J connectivity index is 1.81. The lowest BCUT2D eigenvalue weighted by atomic mass is 9.76. The van der Waals surface area contributed by atoms with E-state index < -0.39 is 29.2 Å². The van der Waals surface area contributed by atoms with E-state index in [0.29, 0.717) is 35.7 Å². The van der Waals surface area contributed by atoms with Crippen LogP contribution in [0.2, 0.25) is 0 Å². The Morgan fingerprint density at radius 1 is 1.29 bits per heavy atom. The van der Waals surface area contributed by atoms with E-state index in [9.17, 15) is 22.8 Å². The lowest BCUT2D eigenvalue weighted by Gasteiger charge is -2.39. The summed E-state index contributed by atoms with van der Waals surface area (Å²) in [5.74, 6) is -0.536. The van der Waals surface area contributed by atoms with Crippen LogP contribution in [0.25, 0.3) is 11.3 Å². The van der Waals surface area contributed by atoms with E-state index in [1.54, 1.807) is 5.38 Å². The fourth-order valence-corrected chi connectivity index (χ4v) is 4.23. The number of rotatable bonds is 4. The van der Waals surface area contributed by atoms with Crippen molar-refractivity contribution in [2.45, 2.75) is 25.4 Å². The molecular weight excluding hydrogens is 395 g/mol. The first-order valence-electron chi connectivity index (χ1n) is 8.43. The van der Waals surface area contributed by atoms with E-state index in [0.717, 1.165) is 12.3 Å². The van der Waals surface area contributed by atoms with Gasteiger partial charge in [0, 0.05) is 36.7 Å². The molecule has 28 heavy (non-hydrogen) atoms. The Bertz CT molecular complexity index is 884. The Kier molecular flexibility index (Phi) is 5.28. The third kappa shape index (κ3) is 4.08. The number of likely N-dealkylation sites (tertiary alicyclic amines) is 1. The molecule has 0 aromatic carbocycles. The number of urea groups is 1. The summed E-state index contributed by atoms with van der Waals surface area (Å²) in [6.45, 7) is 0.582. The highest BCUT2D eigenvalue weighted by Gasteiger charge is 2.42. The summed E-state index contributed by atoms with van der Waals surface area (Å²) in [7, 11) is 0. The van der Waals surface area contributed by atoms with Gasteiger partial charge in [0.05, 0.1) is 16.1 Å². The van der Waals surface area contributed by atoms with Crippen LogP contribution in [0.3, 0.4) is 0 Å². The number of carbonyl (C=O) groups is 2. The molecule has 3 heterocycles. The van der Waals surface area contributed by atoms with Gasteiger partial charge in [0.25, 0.3) is 0 Å². The number of primary amides is 2. The lowest BCUT2D eigenvalue weighted by molar-refractivity contribution is -0.141. The van der Waals surface area contributed by atoms with Crippen LogP contribution in [0.15, 0.2) is 23.7 Å². The molecule has 4 N–H and O–H groups in total. The van der Waals surface area contributed by atoms with Gasteiger partial charge < -0.3 is 16.4 Å². The van der Waals surface area contributed by atoms with Gasteiger partial charge in [0.1, 0.15) is 5.69 Å². The zero-order valence-corrected chi connectivity index (χ0v) is 15.5. The number of hydrogen-bond acceptors (Lipinski definition) is 5. The predicted octanol–water partition coefficient (Wildman–Crippen LogP) is 2.41. The molecule has 3 amide bonds. The van der Waals surface area contributed by atoms with Crippen molar-refractivity contribution in [3.05, 3.63) is 34.4 Å². The summed E-state index contributed by atoms with van der Waals surface area (Å²) in [6, 6.07) is 1.58. The molecule has 2 aromatic rings. The number of amides is 3. The third-order valence-electron chi connectivity index (χ3n) is 4.80. The minimum absolute atomic E-state index is 0.119. The molecule has 0 aliphatic carbocycles. The quantitative estimate of drug-likeness (QED) is 0.801. The molecule has 0 saturated carbocycles. The summed E-state index contributed by atoms with van der Waals surface area (Å²) >= 11 is 1.27. The number of aromatic nitrogens is 2. The van der Waals surface area contributed by atoms with E-state index in [2.05, 4.69) is 9.97 Å². The van der Waals surface area contributed by atoms with Crippen molar-refractivity contribution in [2.75, 3.05) is 13.1 Å². The van der Waals surface area contributed by atoms with E-state index in [1.165, 1.54) is 22.3 Å². The Labute approximate surface area is 162 Å². The molecule has 1 unspecified atom stereocenters. The van der Waals surface area contributed by atoms with Crippen LogP contribution in [0, 0.1) is 5.41 Å². The molecule has 7 nitrogen and oxygen atoms in total. The van der Waals surface area contributed by atoms with Crippen LogP contribution in [0.5, 0.6) is 0 Å². The SMILES string of the molecule is NC(=O)N1CCCC(Cc2nc(-c3ccc(C(F)(F)F)nc3)cs2)(C(N)=O)C1. The maximum Gasteiger partial charge on any atom is 0.433 e. The second-order valence-electron chi connectivity index (χ2n) is 6.74. The first-order valence-corrected chi connectivity index (χ1v) is 9.31. The van der Waals surface area contributed by atoms with Crippen molar-refractivity contribution in [1.82, 2.24) is 14.9 Å². The summed E-state index contributed by atoms with van der Waals surface area (Å²) in [5, 5.41) is 2.28. The van der Waals surface area contributed by atoms with E-state index in [4.69, 9.17) is 11.5 Å². The average Bonchev–Trinajstić information content (AvgIpc) is 3.09. The smallest absolute Gasteiger partial charge is 0.369 e. The third-order valence-corrected chi connectivity index (χ3v) is 5.65. The van der Waals surface area contributed by atoms with Gasteiger partial charge in [0.15, 0.2) is 0 Å². The van der Waals surface area contributed by atoms with Gasteiger partial charge >= 0.3 is 12.2 Å². The van der Waals surface area contributed by atoms with E-state index in [1.807, 2.05) is 0 Å². The number of alkyl halides is 3. The first-order chi connectivity index (χ1) is 13.1. The molecule has 0 radical (unpaired) electrons. The van der Waals surface area contributed by atoms with Crippen molar-refractivity contribution < 1.29 is 22.8 Å². The number of nitrogens with two attached hydrogens (primary N) is 2. The Morgan fingerprint density at radius 3 is 2.61 bits per heavy atom. The number of pyridine rings is 1. The average molecular weight is 413 g/mol. The second kappa shape index (κ2) is 7.38. The van der Waals surface area contributed by atoms with E-state index in [-0.39, 0.29) is 13.0 Å². The molecule has 1 aliphatic heterocycles. The molecular formula is C17H18F3N5O2S. The van der Waals surface area contributed by atoms with Crippen LogP contribution in [0.1, 0.15) is 23.5 Å². The normalized spacial score (nSPS) is 20.2. The van der Waals surface area contributed by atoms with Gasteiger partial charge in [-0.2, -0.15) is 13.2 Å². The van der Waals surface area contributed by atoms with Crippen LogP contribution in [0.4, 0.5) is 18.0 Å². The number of carbonyl (C=O) groups excluding carboxylic acids is 2. The second-order valence-corrected chi connectivity index (χ2v) is 7.68. The molecule has 150 valence electrons. The number of thiazole rings is 1. The van der Waals surface area contributed by atoms with Crippen molar-refractivity contribution in [2.24, 2.45) is 16.9 Å². The molecule has 11 heteroatoms. The lowest BCUT2D eigenvalue weighted by Crippen LogP contribution is -2.54. The number of nitrogens with zero attached hydrogens (tertiary/aromatic N) is 3. The van der Waals surface area contributed by atoms with Crippen molar-refractivity contribution in [3.8, 4) is 11.3 Å². The van der Waals surface area contributed by atoms with Crippen LogP contribution < -0.4 is 11.5 Å². The fourth-order valence-electron chi connectivity index (χ4n) is 3.28. The molecule has 1 saturated heterocycles. The largest absolute Gasteiger partial charge is 0.433 e. The number of hydrogen-bond donors (Lipinski definition) is 2. The monoisotopic (exact) mass is 413 g/mol. The predicted molar refractivity (Wildman–Crippen MR) is 96.1 cm³/mol. The fraction of sp³-hybridized carbons (Fsp3) is 0.412. The van der Waals surface area contributed by atoms with Gasteiger partial charge in [-0.05, 0) is 25.0 Å². The summed E-state index contributed by atoms with van der Waals surface area (Å²) < 4.78 is 37.9. The molecule has 2 aromatic heterocycles. The minimum Gasteiger partial charge on any atom is -0.369 e. The minimum atomic E-state index is -4.51. The highest BCUT2D eigenvalue weighted by molar-refractivity contribution is 7.10. The van der Waals surface area contributed by atoms with Gasteiger partial charge in [0.2, 0.25) is 5.91 Å². The van der Waals surface area contributed by atoms with Gasteiger partial charge in [-0.1, -0.05) is 0 Å². The zero-order valence-electron chi connectivity index (χ0n) is 14.7. The van der Waals surface area contributed by atoms with Crippen LogP contribution in [-0.2, 0) is 17.4 Å². The van der Waals surface area contributed by atoms with E-state index >= 15 is 0 Å². The molecule has 1 fully saturated rings. The van der Waals surface area contributed by atoms with Gasteiger partial charge in [-0.25, -0.2) is 9.78 Å². The first kappa shape index (κ1) is 20.1. The summed E-state index contributed by atoms with van der Waals surface area (Å²) in [4.78, 5) is 32.9. The summed E-state index contributed by atoms with van der Waals surface area (Å²) in [5.41, 5.74) is 9.92. The molecule has 0 spiro atoms. The highest BCUT2D eigenvalue weighted by atomic mass is 32.1. The molecule has 1 atom stereocenters. The maximum atomic E-state index is 12.6. The number of halogens is 3. The standard InChI is InChI=1S/C17H18F3N5O2S/c18-17(19,20)12-3-2-10(7-23-12)11-8-28-13(24-11)6-16(14(21)26)4-1-5-25(9-16)15(22)27/h2-3,7-8H,1,4-6,9H2,(H2,21,26)(H2,22,27). The topological polar surface area (TPSA) is 115 Å². The molecule has 3 rings (SSSR count). The maximum absolute atomic E-state index is 12.6. The highest BCUT2D eigenvalue weighted by Crippen LogP contribution is 2.35. The van der Waals surface area contributed by atoms with Crippen LogP contribution >= 0.6 is 11.3 Å². The molecule has 1 aliphatic rings. The van der Waals surface area contributed by atoms with Crippen molar-refractivity contribution in [3.63, 3.8) is 0 Å². The van der Waals surface area contributed by atoms with Gasteiger partial charge in [-0.15, -0.1) is 11.3 Å². The molecule has 0 bridgehead atoms. The van der Waals surface area contributed by atoms with Gasteiger partial charge in [-0.3, -0.25) is 9.78 Å². The Hall–Kier alpha value is -2.69. The van der Waals surface area contributed by atoms with Crippen LogP contribution in [-0.4, -0.2) is 39.9 Å².